The fourth-order valence-electron chi connectivity index (χ4n) is 3.80. The molecule has 1 saturated heterocycles. The van der Waals surface area contributed by atoms with Gasteiger partial charge in [0.25, 0.3) is 5.91 Å². The highest BCUT2D eigenvalue weighted by molar-refractivity contribution is 5.97. The van der Waals surface area contributed by atoms with Crippen molar-refractivity contribution in [1.29, 1.82) is 0 Å². The summed E-state index contributed by atoms with van der Waals surface area (Å²) in [6.07, 6.45) is -2.64. The monoisotopic (exact) mass is 491 g/mol. The molecule has 11 heteroatoms. The minimum absolute atomic E-state index is 0.140. The van der Waals surface area contributed by atoms with Crippen molar-refractivity contribution in [3.05, 3.63) is 77.4 Å². The van der Waals surface area contributed by atoms with Crippen molar-refractivity contribution in [2.24, 2.45) is 0 Å². The Morgan fingerprint density at radius 1 is 1.06 bits per heavy atom. The number of rotatable bonds is 5. The molecule has 0 spiro atoms. The van der Waals surface area contributed by atoms with E-state index in [0.29, 0.717) is 24.3 Å². The second kappa shape index (κ2) is 9.95. The van der Waals surface area contributed by atoms with Crippen LogP contribution >= 0.6 is 0 Å². The number of carbonyl (C=O) groups excluding carboxylic acids is 1. The van der Waals surface area contributed by atoms with Gasteiger partial charge in [-0.2, -0.15) is 13.2 Å². The van der Waals surface area contributed by atoms with Crippen LogP contribution in [0.15, 0.2) is 48.8 Å². The summed E-state index contributed by atoms with van der Waals surface area (Å²) in [4.78, 5) is 21.8. The van der Waals surface area contributed by atoms with E-state index in [2.05, 4.69) is 20.6 Å². The molecule has 2 heterocycles. The lowest BCUT2D eigenvalue weighted by Gasteiger charge is -2.30. The van der Waals surface area contributed by atoms with Gasteiger partial charge >= 0.3 is 6.18 Å². The highest BCUT2D eigenvalue weighted by atomic mass is 19.4. The van der Waals surface area contributed by atoms with Crippen LogP contribution in [0.25, 0.3) is 11.1 Å². The number of alkyl halides is 3. The second-order valence-electron chi connectivity index (χ2n) is 8.16. The number of halogens is 5. The van der Waals surface area contributed by atoms with Crippen LogP contribution in [-0.4, -0.2) is 42.1 Å². The van der Waals surface area contributed by atoms with Crippen LogP contribution in [0.2, 0.25) is 0 Å². The first-order chi connectivity index (χ1) is 16.6. The van der Waals surface area contributed by atoms with E-state index >= 15 is 0 Å². The molecule has 184 valence electrons. The standard InChI is InChI=1S/C24H22F5N5O/c1-14(17-12-31-23(32-13-17)24(27,28)29)33-22(35)16-8-15(20-3-2-18(25)11-21(20)26)9-19(10-16)34-6-4-30-5-7-34/h2-3,8-14,30H,4-7H2,1H3,(H,33,35). The smallest absolute Gasteiger partial charge is 0.369 e. The number of benzene rings is 2. The Hall–Kier alpha value is -3.60. The first-order valence-corrected chi connectivity index (χ1v) is 10.9. The predicted molar refractivity (Wildman–Crippen MR) is 120 cm³/mol. The van der Waals surface area contributed by atoms with Crippen molar-refractivity contribution < 1.29 is 26.7 Å². The number of hydrogen-bond donors (Lipinski definition) is 2. The Morgan fingerprint density at radius 3 is 2.37 bits per heavy atom. The van der Waals surface area contributed by atoms with E-state index in [9.17, 15) is 26.7 Å². The Bertz CT molecular complexity index is 1210. The summed E-state index contributed by atoms with van der Waals surface area (Å²) in [6.45, 7) is 4.42. The third-order valence-corrected chi connectivity index (χ3v) is 5.68. The molecule has 4 rings (SSSR count). The van der Waals surface area contributed by atoms with Gasteiger partial charge < -0.3 is 15.5 Å². The van der Waals surface area contributed by atoms with E-state index in [4.69, 9.17) is 0 Å². The maximum Gasteiger partial charge on any atom is 0.451 e. The molecule has 0 saturated carbocycles. The molecule has 2 aromatic carbocycles. The molecular formula is C24H22F5N5O. The minimum atomic E-state index is -4.67. The number of piperazine rings is 1. The van der Waals surface area contributed by atoms with Gasteiger partial charge in [0.05, 0.1) is 6.04 Å². The normalized spacial score (nSPS) is 15.1. The largest absolute Gasteiger partial charge is 0.451 e. The molecule has 6 nitrogen and oxygen atoms in total. The van der Waals surface area contributed by atoms with E-state index in [0.717, 1.165) is 37.6 Å². The van der Waals surface area contributed by atoms with Gasteiger partial charge in [0.2, 0.25) is 5.82 Å². The van der Waals surface area contributed by atoms with Gasteiger partial charge in [0, 0.05) is 67.0 Å². The van der Waals surface area contributed by atoms with Crippen molar-refractivity contribution >= 4 is 11.6 Å². The number of nitrogens with zero attached hydrogens (tertiary/aromatic N) is 3. The molecule has 35 heavy (non-hydrogen) atoms. The lowest BCUT2D eigenvalue weighted by atomic mass is 10.00. The van der Waals surface area contributed by atoms with Gasteiger partial charge in [0.15, 0.2) is 0 Å². The summed E-state index contributed by atoms with van der Waals surface area (Å²) in [6, 6.07) is 7.44. The molecule has 1 fully saturated rings. The fourth-order valence-corrected chi connectivity index (χ4v) is 3.80. The zero-order valence-corrected chi connectivity index (χ0v) is 18.7. The maximum absolute atomic E-state index is 14.5. The van der Waals surface area contributed by atoms with Crippen molar-refractivity contribution in [2.45, 2.75) is 19.1 Å². The zero-order chi connectivity index (χ0) is 25.2. The van der Waals surface area contributed by atoms with Crippen LogP contribution in [0.4, 0.5) is 27.6 Å². The number of hydrogen-bond acceptors (Lipinski definition) is 5. The Morgan fingerprint density at radius 2 is 1.74 bits per heavy atom. The van der Waals surface area contributed by atoms with Gasteiger partial charge in [-0.25, -0.2) is 18.7 Å². The number of carbonyl (C=O) groups is 1. The minimum Gasteiger partial charge on any atom is -0.369 e. The van der Waals surface area contributed by atoms with Gasteiger partial charge in [-0.15, -0.1) is 0 Å². The Kier molecular flexibility index (Phi) is 6.97. The number of anilines is 1. The maximum atomic E-state index is 14.5. The van der Waals surface area contributed by atoms with Gasteiger partial charge in [-0.05, 0) is 42.8 Å². The molecule has 0 radical (unpaired) electrons. The second-order valence-corrected chi connectivity index (χ2v) is 8.16. The predicted octanol–water partition coefficient (Wildman–Crippen LogP) is 4.34. The Labute approximate surface area is 198 Å². The van der Waals surface area contributed by atoms with Crippen molar-refractivity contribution in [3.63, 3.8) is 0 Å². The van der Waals surface area contributed by atoms with Crippen LogP contribution < -0.4 is 15.5 Å². The number of aromatic nitrogens is 2. The molecule has 2 N–H and O–H groups in total. The lowest BCUT2D eigenvalue weighted by Crippen LogP contribution is -2.43. The highest BCUT2D eigenvalue weighted by Gasteiger charge is 2.34. The highest BCUT2D eigenvalue weighted by Crippen LogP contribution is 2.30. The molecule has 1 aliphatic heterocycles. The molecule has 0 aliphatic carbocycles. The average Bonchev–Trinajstić information content (AvgIpc) is 2.84. The summed E-state index contributed by atoms with van der Waals surface area (Å²) in [7, 11) is 0. The summed E-state index contributed by atoms with van der Waals surface area (Å²) in [5.41, 5.74) is 1.74. The van der Waals surface area contributed by atoms with Crippen LogP contribution in [-0.2, 0) is 6.18 Å². The van der Waals surface area contributed by atoms with Crippen molar-refractivity contribution in [1.82, 2.24) is 20.6 Å². The van der Waals surface area contributed by atoms with Crippen LogP contribution in [0.5, 0.6) is 0 Å². The molecule has 0 bridgehead atoms. The third-order valence-electron chi connectivity index (χ3n) is 5.68. The molecule has 1 aromatic heterocycles. The van der Waals surface area contributed by atoms with E-state index in [1.807, 2.05) is 4.90 Å². The van der Waals surface area contributed by atoms with E-state index in [1.54, 1.807) is 19.1 Å². The van der Waals surface area contributed by atoms with E-state index < -0.39 is 35.6 Å². The van der Waals surface area contributed by atoms with Crippen LogP contribution in [0.3, 0.4) is 0 Å². The summed E-state index contributed by atoms with van der Waals surface area (Å²) >= 11 is 0. The van der Waals surface area contributed by atoms with Crippen molar-refractivity contribution in [2.75, 3.05) is 31.1 Å². The topological polar surface area (TPSA) is 70.2 Å². The van der Waals surface area contributed by atoms with Gasteiger partial charge in [-0.3, -0.25) is 4.79 Å². The van der Waals surface area contributed by atoms with Crippen molar-refractivity contribution in [3.8, 4) is 11.1 Å². The Balaban J connectivity index is 1.63. The zero-order valence-electron chi connectivity index (χ0n) is 18.7. The first kappa shape index (κ1) is 24.5. The molecular weight excluding hydrogens is 469 g/mol. The summed E-state index contributed by atoms with van der Waals surface area (Å²) in [5.74, 6) is -3.26. The van der Waals surface area contributed by atoms with E-state index in [-0.39, 0.29) is 16.7 Å². The fraction of sp³-hybridized carbons (Fsp3) is 0.292. The molecule has 3 aromatic rings. The summed E-state index contributed by atoms with van der Waals surface area (Å²) < 4.78 is 66.1. The molecule has 1 aliphatic rings. The van der Waals surface area contributed by atoms with Gasteiger partial charge in [-0.1, -0.05) is 0 Å². The lowest BCUT2D eigenvalue weighted by molar-refractivity contribution is -0.145. The summed E-state index contributed by atoms with van der Waals surface area (Å²) in [5, 5.41) is 5.95. The van der Waals surface area contributed by atoms with E-state index in [1.165, 1.54) is 12.1 Å². The molecule has 1 atom stereocenters. The average molecular weight is 491 g/mol. The SMILES string of the molecule is CC(NC(=O)c1cc(-c2ccc(F)cc2F)cc(N2CCNCC2)c1)c1cnc(C(F)(F)F)nc1. The number of nitrogens with one attached hydrogen (secondary N) is 2. The molecule has 1 unspecified atom stereocenters. The quantitative estimate of drug-likeness (QED) is 0.520. The van der Waals surface area contributed by atoms with Crippen LogP contribution in [0, 0.1) is 11.6 Å². The number of amides is 1. The van der Waals surface area contributed by atoms with Crippen LogP contribution in [0.1, 0.15) is 34.7 Å². The first-order valence-electron chi connectivity index (χ1n) is 10.9. The van der Waals surface area contributed by atoms with Gasteiger partial charge in [0.1, 0.15) is 11.6 Å². The molecule has 1 amide bonds. The third kappa shape index (κ3) is 5.73.